The summed E-state index contributed by atoms with van der Waals surface area (Å²) >= 11 is 0. The molecule has 0 bridgehead atoms. The zero-order chi connectivity index (χ0) is 19.5. The number of rotatable bonds is 6. The van der Waals surface area contributed by atoms with Gasteiger partial charge in [0.15, 0.2) is 0 Å². The van der Waals surface area contributed by atoms with Crippen LogP contribution >= 0.6 is 0 Å². The number of aryl methyl sites for hydroxylation is 1. The minimum Gasteiger partial charge on any atom is -0.491 e. The van der Waals surface area contributed by atoms with Crippen LogP contribution in [0.5, 0.6) is 5.75 Å². The first-order chi connectivity index (χ1) is 13.6. The summed E-state index contributed by atoms with van der Waals surface area (Å²) < 4.78 is 17.3. The van der Waals surface area contributed by atoms with E-state index in [9.17, 15) is 4.79 Å². The van der Waals surface area contributed by atoms with Gasteiger partial charge in [-0.3, -0.25) is 4.79 Å². The van der Waals surface area contributed by atoms with Crippen LogP contribution in [0.15, 0.2) is 52.9 Å². The van der Waals surface area contributed by atoms with E-state index < -0.39 is 0 Å². The molecule has 2 unspecified atom stereocenters. The highest BCUT2D eigenvalue weighted by Gasteiger charge is 2.19. The number of hydrogen-bond donors (Lipinski definition) is 1. The molecule has 2 heterocycles. The Bertz CT molecular complexity index is 954. The van der Waals surface area contributed by atoms with E-state index in [0.717, 1.165) is 47.5 Å². The molecule has 0 spiro atoms. The van der Waals surface area contributed by atoms with E-state index in [4.69, 9.17) is 13.9 Å². The van der Waals surface area contributed by atoms with Crippen molar-refractivity contribution in [3.63, 3.8) is 0 Å². The maximum atomic E-state index is 12.6. The molecule has 0 radical (unpaired) electrons. The van der Waals surface area contributed by atoms with Crippen LogP contribution in [0.3, 0.4) is 0 Å². The molecular weight excluding hydrogens is 354 g/mol. The molecular formula is C23H25NO4. The van der Waals surface area contributed by atoms with Crippen molar-refractivity contribution in [2.24, 2.45) is 0 Å². The summed E-state index contributed by atoms with van der Waals surface area (Å²) in [5.74, 6) is 1.39. The minimum atomic E-state index is -0.227. The van der Waals surface area contributed by atoms with Crippen LogP contribution in [0.2, 0.25) is 0 Å². The predicted molar refractivity (Wildman–Crippen MR) is 108 cm³/mol. The number of furan rings is 1. The molecule has 3 aromatic rings. The predicted octanol–water partition coefficient (Wildman–Crippen LogP) is 4.79. The fourth-order valence-electron chi connectivity index (χ4n) is 3.62. The lowest BCUT2D eigenvalue weighted by atomic mass is 10.1. The fourth-order valence-corrected chi connectivity index (χ4v) is 3.62. The van der Waals surface area contributed by atoms with Crippen molar-refractivity contribution in [2.45, 2.75) is 38.8 Å². The van der Waals surface area contributed by atoms with Crippen LogP contribution in [-0.2, 0) is 4.74 Å². The Morgan fingerprint density at radius 1 is 1.21 bits per heavy atom. The van der Waals surface area contributed by atoms with E-state index in [1.165, 1.54) is 0 Å². The molecule has 28 heavy (non-hydrogen) atoms. The third-order valence-electron chi connectivity index (χ3n) is 5.20. The van der Waals surface area contributed by atoms with Gasteiger partial charge < -0.3 is 19.2 Å². The summed E-state index contributed by atoms with van der Waals surface area (Å²) in [6.45, 7) is 5.32. The summed E-state index contributed by atoms with van der Waals surface area (Å²) in [7, 11) is 0. The van der Waals surface area contributed by atoms with Crippen molar-refractivity contribution < 1.29 is 18.7 Å². The number of carbonyl (C=O) groups is 1. The summed E-state index contributed by atoms with van der Waals surface area (Å²) in [5.41, 5.74) is 2.48. The van der Waals surface area contributed by atoms with Crippen molar-refractivity contribution >= 4 is 16.9 Å². The number of fused-ring (bicyclic) bond motifs is 1. The Hall–Kier alpha value is -2.79. The summed E-state index contributed by atoms with van der Waals surface area (Å²) in [5, 5.41) is 4.09. The molecule has 0 aliphatic carbocycles. The first kappa shape index (κ1) is 18.6. The van der Waals surface area contributed by atoms with E-state index in [-0.39, 0.29) is 18.1 Å². The number of benzene rings is 2. The van der Waals surface area contributed by atoms with Crippen LogP contribution in [0.4, 0.5) is 0 Å². The van der Waals surface area contributed by atoms with E-state index in [0.29, 0.717) is 12.2 Å². The first-order valence-electron chi connectivity index (χ1n) is 9.75. The smallest absolute Gasteiger partial charge is 0.251 e. The molecule has 1 amide bonds. The number of hydrogen-bond acceptors (Lipinski definition) is 4. The standard InChI is InChI=1S/C23H25NO4/c1-15-20-7-3-4-8-21(20)28-22(15)16(2)24-23(25)17-9-11-18(12-10-17)27-14-19-6-5-13-26-19/h3-4,7-12,16,19H,5-6,13-14H2,1-2H3,(H,24,25). The van der Waals surface area contributed by atoms with Crippen LogP contribution in [-0.4, -0.2) is 25.2 Å². The number of nitrogens with one attached hydrogen (secondary N) is 1. The van der Waals surface area contributed by atoms with Crippen molar-refractivity contribution in [1.82, 2.24) is 5.32 Å². The molecule has 5 nitrogen and oxygen atoms in total. The van der Waals surface area contributed by atoms with Gasteiger partial charge in [-0.15, -0.1) is 0 Å². The van der Waals surface area contributed by atoms with Gasteiger partial charge in [0.1, 0.15) is 23.7 Å². The third kappa shape index (κ3) is 3.90. The van der Waals surface area contributed by atoms with Crippen LogP contribution in [0, 0.1) is 6.92 Å². The molecule has 2 aromatic carbocycles. The van der Waals surface area contributed by atoms with Crippen molar-refractivity contribution in [2.75, 3.05) is 13.2 Å². The van der Waals surface area contributed by atoms with Gasteiger partial charge in [-0.2, -0.15) is 0 Å². The summed E-state index contributed by atoms with van der Waals surface area (Å²) in [4.78, 5) is 12.6. The normalized spacial score (nSPS) is 17.6. The molecule has 4 rings (SSSR count). The monoisotopic (exact) mass is 379 g/mol. The number of carbonyl (C=O) groups excluding carboxylic acids is 1. The minimum absolute atomic E-state index is 0.141. The molecule has 1 N–H and O–H groups in total. The molecule has 1 saturated heterocycles. The SMILES string of the molecule is Cc1c(C(C)NC(=O)c2ccc(OCC3CCCO3)cc2)oc2ccccc12. The highest BCUT2D eigenvalue weighted by molar-refractivity contribution is 5.94. The third-order valence-corrected chi connectivity index (χ3v) is 5.20. The quantitative estimate of drug-likeness (QED) is 0.669. The van der Waals surface area contributed by atoms with Gasteiger partial charge in [-0.1, -0.05) is 18.2 Å². The number of amides is 1. The Labute approximate surface area is 164 Å². The Morgan fingerprint density at radius 2 is 2.00 bits per heavy atom. The maximum absolute atomic E-state index is 12.6. The van der Waals surface area contributed by atoms with Gasteiger partial charge in [0.05, 0.1) is 12.1 Å². The molecule has 146 valence electrons. The molecule has 1 fully saturated rings. The first-order valence-corrected chi connectivity index (χ1v) is 9.75. The van der Waals surface area contributed by atoms with Crippen molar-refractivity contribution in [3.05, 3.63) is 65.4 Å². The van der Waals surface area contributed by atoms with Gasteiger partial charge in [0, 0.05) is 23.1 Å². The molecule has 0 saturated carbocycles. The van der Waals surface area contributed by atoms with Gasteiger partial charge in [0.25, 0.3) is 5.91 Å². The van der Waals surface area contributed by atoms with Gasteiger partial charge in [0.2, 0.25) is 0 Å². The number of para-hydroxylation sites is 1. The molecule has 1 aliphatic rings. The lowest BCUT2D eigenvalue weighted by Gasteiger charge is -2.14. The molecule has 2 atom stereocenters. The average molecular weight is 379 g/mol. The number of ether oxygens (including phenoxy) is 2. The molecule has 1 aliphatic heterocycles. The van der Waals surface area contributed by atoms with Crippen LogP contribution < -0.4 is 10.1 Å². The largest absolute Gasteiger partial charge is 0.491 e. The summed E-state index contributed by atoms with van der Waals surface area (Å²) in [6, 6.07) is 14.9. The topological polar surface area (TPSA) is 60.7 Å². The van der Waals surface area contributed by atoms with Crippen LogP contribution in [0.25, 0.3) is 11.0 Å². The molecule has 1 aromatic heterocycles. The van der Waals surface area contributed by atoms with Gasteiger partial charge in [-0.05, 0) is 57.0 Å². The second-order valence-electron chi connectivity index (χ2n) is 7.25. The maximum Gasteiger partial charge on any atom is 0.251 e. The second kappa shape index (κ2) is 8.07. The van der Waals surface area contributed by atoms with E-state index >= 15 is 0 Å². The average Bonchev–Trinajstić information content (AvgIpc) is 3.35. The van der Waals surface area contributed by atoms with Gasteiger partial charge in [-0.25, -0.2) is 0 Å². The van der Waals surface area contributed by atoms with E-state index in [2.05, 4.69) is 5.32 Å². The second-order valence-corrected chi connectivity index (χ2v) is 7.25. The highest BCUT2D eigenvalue weighted by Crippen LogP contribution is 2.29. The van der Waals surface area contributed by atoms with E-state index in [1.807, 2.05) is 50.2 Å². The lowest BCUT2D eigenvalue weighted by Crippen LogP contribution is -2.26. The van der Waals surface area contributed by atoms with Crippen LogP contribution in [0.1, 0.15) is 47.5 Å². The lowest BCUT2D eigenvalue weighted by molar-refractivity contribution is 0.0679. The highest BCUT2D eigenvalue weighted by atomic mass is 16.5. The Kier molecular flexibility index (Phi) is 5.35. The van der Waals surface area contributed by atoms with E-state index in [1.54, 1.807) is 12.1 Å². The van der Waals surface area contributed by atoms with Gasteiger partial charge >= 0.3 is 0 Å². The van der Waals surface area contributed by atoms with Crippen molar-refractivity contribution in [1.29, 1.82) is 0 Å². The molecule has 5 heteroatoms. The van der Waals surface area contributed by atoms with Crippen molar-refractivity contribution in [3.8, 4) is 5.75 Å². The zero-order valence-corrected chi connectivity index (χ0v) is 16.2. The summed E-state index contributed by atoms with van der Waals surface area (Å²) in [6.07, 6.45) is 2.31. The Balaban J connectivity index is 1.39. The zero-order valence-electron chi connectivity index (χ0n) is 16.2. The fraction of sp³-hybridized carbons (Fsp3) is 0.348. The Morgan fingerprint density at radius 3 is 2.71 bits per heavy atom.